The number of para-hydroxylation sites is 1. The normalized spacial score (nSPS) is 16.4. The van der Waals surface area contributed by atoms with Crippen LogP contribution in [0.4, 0.5) is 10.1 Å². The van der Waals surface area contributed by atoms with E-state index in [1.165, 1.54) is 12.1 Å². The molecule has 0 bridgehead atoms. The molecule has 0 aliphatic carbocycles. The summed E-state index contributed by atoms with van der Waals surface area (Å²) in [6.45, 7) is 3.90. The number of nitrogens with one attached hydrogen (secondary N) is 1. The van der Waals surface area contributed by atoms with Gasteiger partial charge in [0.2, 0.25) is 0 Å². The van der Waals surface area contributed by atoms with E-state index < -0.39 is 11.9 Å². The van der Waals surface area contributed by atoms with Crippen molar-refractivity contribution < 1.29 is 18.7 Å². The fraction of sp³-hybridized carbons (Fsp3) is 0.409. The summed E-state index contributed by atoms with van der Waals surface area (Å²) in [6.07, 6.45) is 1.92. The first-order chi connectivity index (χ1) is 13.5. The molecule has 1 amide bonds. The first kappa shape index (κ1) is 20.1. The third-order valence-electron chi connectivity index (χ3n) is 4.86. The van der Waals surface area contributed by atoms with Crippen LogP contribution in [0.15, 0.2) is 48.5 Å². The van der Waals surface area contributed by atoms with Crippen molar-refractivity contribution in [3.63, 3.8) is 0 Å². The van der Waals surface area contributed by atoms with Crippen molar-refractivity contribution in [2.24, 2.45) is 0 Å². The maximum atomic E-state index is 13.8. The van der Waals surface area contributed by atoms with Crippen LogP contribution >= 0.6 is 0 Å². The molecule has 1 atom stereocenters. The van der Waals surface area contributed by atoms with E-state index in [9.17, 15) is 9.18 Å². The van der Waals surface area contributed by atoms with E-state index in [2.05, 4.69) is 17.3 Å². The molecule has 28 heavy (non-hydrogen) atoms. The average Bonchev–Trinajstić information content (AvgIpc) is 2.70. The summed E-state index contributed by atoms with van der Waals surface area (Å²) in [5.74, 6) is 0.0764. The molecule has 1 aliphatic heterocycles. The van der Waals surface area contributed by atoms with Gasteiger partial charge in [-0.25, -0.2) is 4.39 Å². The number of hydrogen-bond donors (Lipinski definition) is 1. The van der Waals surface area contributed by atoms with Gasteiger partial charge in [-0.3, -0.25) is 4.79 Å². The number of carbonyl (C=O) groups excluding carboxylic acids is 1. The summed E-state index contributed by atoms with van der Waals surface area (Å²) in [5.41, 5.74) is 0.649. The number of hydrogen-bond acceptors (Lipinski definition) is 4. The highest BCUT2D eigenvalue weighted by atomic mass is 19.1. The molecular formula is C22H27FN2O3. The summed E-state index contributed by atoms with van der Waals surface area (Å²) in [7, 11) is 2.12. The molecule has 0 radical (unpaired) electrons. The van der Waals surface area contributed by atoms with Crippen molar-refractivity contribution in [1.82, 2.24) is 4.90 Å². The van der Waals surface area contributed by atoms with E-state index in [1.807, 2.05) is 19.1 Å². The monoisotopic (exact) mass is 386 g/mol. The lowest BCUT2D eigenvalue weighted by atomic mass is 10.1. The Morgan fingerprint density at radius 3 is 2.50 bits per heavy atom. The molecule has 1 heterocycles. The molecule has 2 aromatic carbocycles. The second-order valence-electron chi connectivity index (χ2n) is 7.08. The smallest absolute Gasteiger partial charge is 0.265 e. The number of anilines is 1. The van der Waals surface area contributed by atoms with Crippen LogP contribution in [0.25, 0.3) is 0 Å². The van der Waals surface area contributed by atoms with Gasteiger partial charge in [-0.05, 0) is 62.7 Å². The van der Waals surface area contributed by atoms with Crippen LogP contribution in [0.5, 0.6) is 11.5 Å². The lowest BCUT2D eigenvalue weighted by Gasteiger charge is -2.29. The topological polar surface area (TPSA) is 50.8 Å². The molecule has 1 saturated heterocycles. The van der Waals surface area contributed by atoms with Crippen molar-refractivity contribution in [3.05, 3.63) is 54.3 Å². The van der Waals surface area contributed by atoms with Gasteiger partial charge >= 0.3 is 0 Å². The molecule has 6 heteroatoms. The number of ether oxygens (including phenoxy) is 2. The maximum Gasteiger partial charge on any atom is 0.265 e. The van der Waals surface area contributed by atoms with Gasteiger partial charge in [0, 0.05) is 18.8 Å². The zero-order valence-electron chi connectivity index (χ0n) is 16.4. The number of rotatable bonds is 7. The van der Waals surface area contributed by atoms with Crippen molar-refractivity contribution in [2.45, 2.75) is 38.4 Å². The second kappa shape index (κ2) is 9.55. The Morgan fingerprint density at radius 1 is 1.18 bits per heavy atom. The van der Waals surface area contributed by atoms with Crippen LogP contribution in [0.1, 0.15) is 26.2 Å². The second-order valence-corrected chi connectivity index (χ2v) is 7.08. The van der Waals surface area contributed by atoms with Gasteiger partial charge in [0.15, 0.2) is 17.7 Å². The van der Waals surface area contributed by atoms with Gasteiger partial charge in [-0.1, -0.05) is 19.1 Å². The maximum absolute atomic E-state index is 13.8. The van der Waals surface area contributed by atoms with E-state index in [-0.39, 0.29) is 17.8 Å². The van der Waals surface area contributed by atoms with E-state index >= 15 is 0 Å². The largest absolute Gasteiger partial charge is 0.490 e. The van der Waals surface area contributed by atoms with Gasteiger partial charge < -0.3 is 19.7 Å². The molecule has 1 fully saturated rings. The zero-order chi connectivity index (χ0) is 19.9. The number of benzene rings is 2. The lowest BCUT2D eigenvalue weighted by molar-refractivity contribution is -0.122. The van der Waals surface area contributed by atoms with Crippen LogP contribution in [-0.4, -0.2) is 43.2 Å². The summed E-state index contributed by atoms with van der Waals surface area (Å²) in [5, 5.41) is 2.82. The van der Waals surface area contributed by atoms with E-state index in [1.54, 1.807) is 24.3 Å². The number of likely N-dealkylation sites (tertiary alicyclic amines) is 1. The van der Waals surface area contributed by atoms with Gasteiger partial charge in [-0.2, -0.15) is 0 Å². The van der Waals surface area contributed by atoms with Crippen molar-refractivity contribution in [3.8, 4) is 11.5 Å². The molecule has 0 saturated carbocycles. The van der Waals surface area contributed by atoms with Crippen LogP contribution in [0.2, 0.25) is 0 Å². The van der Waals surface area contributed by atoms with Crippen molar-refractivity contribution >= 4 is 11.6 Å². The SMILES string of the molecule is CCC(Oc1ccccc1F)C(=O)Nc1ccc(OC2CCN(C)CC2)cc1. The van der Waals surface area contributed by atoms with Gasteiger partial charge in [0.25, 0.3) is 5.91 Å². The van der Waals surface area contributed by atoms with E-state index in [0.29, 0.717) is 12.1 Å². The number of piperidine rings is 1. The molecule has 2 aromatic rings. The highest BCUT2D eigenvalue weighted by Gasteiger charge is 2.21. The molecule has 5 nitrogen and oxygen atoms in total. The third kappa shape index (κ3) is 5.45. The molecule has 150 valence electrons. The first-order valence-electron chi connectivity index (χ1n) is 9.72. The third-order valence-corrected chi connectivity index (χ3v) is 4.86. The number of carbonyl (C=O) groups is 1. The van der Waals surface area contributed by atoms with Crippen LogP contribution < -0.4 is 14.8 Å². The Kier molecular flexibility index (Phi) is 6.87. The number of halogens is 1. The van der Waals surface area contributed by atoms with Crippen LogP contribution in [0.3, 0.4) is 0 Å². The Labute approximate surface area is 165 Å². The Bertz CT molecular complexity index is 774. The first-order valence-corrected chi connectivity index (χ1v) is 9.72. The minimum Gasteiger partial charge on any atom is -0.490 e. The van der Waals surface area contributed by atoms with Gasteiger partial charge in [0.1, 0.15) is 11.9 Å². The Morgan fingerprint density at radius 2 is 1.86 bits per heavy atom. The van der Waals surface area contributed by atoms with Crippen molar-refractivity contribution in [1.29, 1.82) is 0 Å². The predicted octanol–water partition coefficient (Wildman–Crippen LogP) is 4.09. The fourth-order valence-corrected chi connectivity index (χ4v) is 3.15. The lowest BCUT2D eigenvalue weighted by Crippen LogP contribution is -2.35. The highest BCUT2D eigenvalue weighted by Crippen LogP contribution is 2.22. The molecule has 1 N–H and O–H groups in total. The van der Waals surface area contributed by atoms with E-state index in [0.717, 1.165) is 31.7 Å². The summed E-state index contributed by atoms with van der Waals surface area (Å²) >= 11 is 0. The van der Waals surface area contributed by atoms with Gasteiger partial charge in [0.05, 0.1) is 0 Å². The molecule has 0 spiro atoms. The average molecular weight is 386 g/mol. The quantitative estimate of drug-likeness (QED) is 0.779. The summed E-state index contributed by atoms with van der Waals surface area (Å²) in [6, 6.07) is 13.4. The minimum atomic E-state index is -0.771. The highest BCUT2D eigenvalue weighted by molar-refractivity contribution is 5.94. The fourth-order valence-electron chi connectivity index (χ4n) is 3.15. The molecule has 0 aromatic heterocycles. The van der Waals surface area contributed by atoms with Crippen molar-refractivity contribution in [2.75, 3.05) is 25.5 Å². The van der Waals surface area contributed by atoms with E-state index in [4.69, 9.17) is 9.47 Å². The molecule has 1 aliphatic rings. The number of nitrogens with zero attached hydrogens (tertiary/aromatic N) is 1. The summed E-state index contributed by atoms with van der Waals surface area (Å²) < 4.78 is 25.3. The van der Waals surface area contributed by atoms with Crippen LogP contribution in [-0.2, 0) is 4.79 Å². The predicted molar refractivity (Wildman–Crippen MR) is 107 cm³/mol. The van der Waals surface area contributed by atoms with Gasteiger partial charge in [-0.15, -0.1) is 0 Å². The summed E-state index contributed by atoms with van der Waals surface area (Å²) in [4.78, 5) is 14.8. The minimum absolute atomic E-state index is 0.0753. The molecule has 1 unspecified atom stereocenters. The molecular weight excluding hydrogens is 359 g/mol. The van der Waals surface area contributed by atoms with Crippen LogP contribution in [0, 0.1) is 5.82 Å². The zero-order valence-corrected chi connectivity index (χ0v) is 16.4. The standard InChI is InChI=1S/C22H27FN2O3/c1-3-20(28-21-7-5-4-6-19(21)23)22(26)24-16-8-10-17(11-9-16)27-18-12-14-25(2)15-13-18/h4-11,18,20H,3,12-15H2,1-2H3,(H,24,26). The number of amides is 1. The molecule has 3 rings (SSSR count). The Hall–Kier alpha value is -2.60. The Balaban J connectivity index is 1.55.